The first kappa shape index (κ1) is 19.1. The van der Waals surface area contributed by atoms with Crippen LogP contribution in [0.15, 0.2) is 24.3 Å². The van der Waals surface area contributed by atoms with Crippen LogP contribution < -0.4 is 15.5 Å². The van der Waals surface area contributed by atoms with Gasteiger partial charge in [-0.25, -0.2) is 4.98 Å². The molecule has 2 aromatic rings. The Bertz CT molecular complexity index is 826. The van der Waals surface area contributed by atoms with Crippen LogP contribution >= 0.6 is 0 Å². The summed E-state index contributed by atoms with van der Waals surface area (Å²) in [5.74, 6) is 1.57. The van der Waals surface area contributed by atoms with E-state index in [1.54, 1.807) is 0 Å². The van der Waals surface area contributed by atoms with Crippen molar-refractivity contribution in [3.63, 3.8) is 0 Å². The van der Waals surface area contributed by atoms with Gasteiger partial charge in [0.15, 0.2) is 0 Å². The summed E-state index contributed by atoms with van der Waals surface area (Å²) >= 11 is 0. The van der Waals surface area contributed by atoms with Crippen LogP contribution in [0.4, 0.5) is 17.5 Å². The summed E-state index contributed by atoms with van der Waals surface area (Å²) in [6, 6.07) is 10.6. The molecule has 2 N–H and O–H groups in total. The van der Waals surface area contributed by atoms with Crippen LogP contribution in [0.3, 0.4) is 0 Å². The number of likely N-dealkylation sites (N-methyl/N-ethyl adjacent to an activating group) is 1. The quantitative estimate of drug-likeness (QED) is 0.782. The normalized spacial score (nSPS) is 16.4. The number of nitrogens with one attached hydrogen (secondary N) is 2. The fourth-order valence-corrected chi connectivity index (χ4v) is 3.46. The van der Waals surface area contributed by atoms with E-state index >= 15 is 0 Å². The van der Waals surface area contributed by atoms with E-state index in [0.29, 0.717) is 17.6 Å². The number of benzene rings is 1. The Morgan fingerprint density at radius 3 is 2.85 bits per heavy atom. The van der Waals surface area contributed by atoms with Gasteiger partial charge in [0, 0.05) is 36.6 Å². The number of aryl methyl sites for hydroxylation is 2. The highest BCUT2D eigenvalue weighted by Crippen LogP contribution is 2.23. The Morgan fingerprint density at radius 2 is 2.11 bits per heavy atom. The van der Waals surface area contributed by atoms with E-state index in [1.165, 1.54) is 0 Å². The second-order valence-electron chi connectivity index (χ2n) is 7.05. The fourth-order valence-electron chi connectivity index (χ4n) is 3.46. The molecular formula is C21H28N6. The molecule has 142 valence electrons. The summed E-state index contributed by atoms with van der Waals surface area (Å²) in [4.78, 5) is 11.8. The van der Waals surface area contributed by atoms with Crippen molar-refractivity contribution in [3.05, 3.63) is 41.1 Å². The first-order chi connectivity index (χ1) is 13.1. The molecule has 1 aromatic heterocycles. The van der Waals surface area contributed by atoms with Gasteiger partial charge in [-0.1, -0.05) is 26.3 Å². The summed E-state index contributed by atoms with van der Waals surface area (Å²) < 4.78 is 0. The third kappa shape index (κ3) is 4.75. The van der Waals surface area contributed by atoms with Crippen LogP contribution in [0.2, 0.25) is 0 Å². The maximum atomic E-state index is 9.26. The zero-order chi connectivity index (χ0) is 19.2. The Labute approximate surface area is 161 Å². The molecule has 0 unspecified atom stereocenters. The lowest BCUT2D eigenvalue weighted by Gasteiger charge is -2.19. The minimum atomic E-state index is 0.520. The summed E-state index contributed by atoms with van der Waals surface area (Å²) in [5, 5.41) is 16.1. The zero-order valence-electron chi connectivity index (χ0n) is 16.4. The zero-order valence-corrected chi connectivity index (χ0v) is 16.4. The molecule has 1 saturated heterocycles. The van der Waals surface area contributed by atoms with Crippen molar-refractivity contribution in [2.45, 2.75) is 46.1 Å². The van der Waals surface area contributed by atoms with Gasteiger partial charge in [0.05, 0.1) is 11.6 Å². The van der Waals surface area contributed by atoms with Crippen molar-refractivity contribution in [1.29, 1.82) is 5.26 Å². The van der Waals surface area contributed by atoms with Crippen molar-refractivity contribution in [1.82, 2.24) is 15.3 Å². The average Bonchev–Trinajstić information content (AvgIpc) is 3.12. The standard InChI is InChI=1S/C21H28N6/c1-4-6-17-12-20(27-10-9-19(14-27)23-5-2)26-21(24-17)25-18-8-7-15(3)16(11-18)13-22/h7-8,11-12,19,23H,4-6,9-10,14H2,1-3H3,(H,24,25,26)/t19-/m0/s1. The first-order valence-electron chi connectivity index (χ1n) is 9.77. The van der Waals surface area contributed by atoms with Gasteiger partial charge in [0.25, 0.3) is 0 Å². The summed E-state index contributed by atoms with van der Waals surface area (Å²) in [6.07, 6.45) is 3.10. The van der Waals surface area contributed by atoms with E-state index in [1.807, 2.05) is 25.1 Å². The van der Waals surface area contributed by atoms with Gasteiger partial charge in [-0.3, -0.25) is 0 Å². The molecule has 3 rings (SSSR count). The number of aromatic nitrogens is 2. The summed E-state index contributed by atoms with van der Waals surface area (Å²) in [6.45, 7) is 9.20. The lowest BCUT2D eigenvalue weighted by Crippen LogP contribution is -2.32. The average molecular weight is 364 g/mol. The molecule has 2 heterocycles. The van der Waals surface area contributed by atoms with Crippen molar-refractivity contribution in [2.24, 2.45) is 0 Å². The Hall–Kier alpha value is -2.65. The SMILES string of the molecule is CCCc1cc(N2CC[C@H](NCC)C2)nc(Nc2ccc(C)c(C#N)c2)n1. The molecular weight excluding hydrogens is 336 g/mol. The molecule has 1 aliphatic rings. The highest BCUT2D eigenvalue weighted by molar-refractivity contribution is 5.59. The molecule has 0 spiro atoms. The van der Waals surface area contributed by atoms with Gasteiger partial charge >= 0.3 is 0 Å². The predicted octanol–water partition coefficient (Wildman–Crippen LogP) is 3.54. The van der Waals surface area contributed by atoms with Crippen molar-refractivity contribution < 1.29 is 0 Å². The molecule has 0 aliphatic carbocycles. The van der Waals surface area contributed by atoms with Crippen molar-refractivity contribution >= 4 is 17.5 Å². The molecule has 1 aromatic carbocycles. The molecule has 1 atom stereocenters. The Kier molecular flexibility index (Phi) is 6.25. The second-order valence-corrected chi connectivity index (χ2v) is 7.05. The van der Waals surface area contributed by atoms with E-state index in [0.717, 1.165) is 61.7 Å². The van der Waals surface area contributed by atoms with Gasteiger partial charge in [0.2, 0.25) is 5.95 Å². The van der Waals surface area contributed by atoms with Crippen LogP contribution in [0, 0.1) is 18.3 Å². The monoisotopic (exact) mass is 364 g/mol. The minimum Gasteiger partial charge on any atom is -0.355 e. The van der Waals surface area contributed by atoms with E-state index < -0.39 is 0 Å². The maximum Gasteiger partial charge on any atom is 0.229 e. The van der Waals surface area contributed by atoms with Gasteiger partial charge in [-0.05, 0) is 44.0 Å². The summed E-state index contributed by atoms with van der Waals surface area (Å²) in [5.41, 5.74) is 3.52. The van der Waals surface area contributed by atoms with Gasteiger partial charge < -0.3 is 15.5 Å². The first-order valence-corrected chi connectivity index (χ1v) is 9.77. The molecule has 0 saturated carbocycles. The predicted molar refractivity (Wildman–Crippen MR) is 109 cm³/mol. The topological polar surface area (TPSA) is 76.9 Å². The van der Waals surface area contributed by atoms with E-state index in [9.17, 15) is 5.26 Å². The Balaban J connectivity index is 1.85. The fraction of sp³-hybridized carbons (Fsp3) is 0.476. The van der Waals surface area contributed by atoms with Crippen LogP contribution in [0.25, 0.3) is 0 Å². The molecule has 6 heteroatoms. The summed E-state index contributed by atoms with van der Waals surface area (Å²) in [7, 11) is 0. The maximum absolute atomic E-state index is 9.26. The van der Waals surface area contributed by atoms with E-state index in [4.69, 9.17) is 4.98 Å². The van der Waals surface area contributed by atoms with Crippen LogP contribution in [-0.2, 0) is 6.42 Å². The van der Waals surface area contributed by atoms with Crippen molar-refractivity contribution in [3.8, 4) is 6.07 Å². The molecule has 0 bridgehead atoms. The van der Waals surface area contributed by atoms with Crippen LogP contribution in [0.1, 0.15) is 43.5 Å². The minimum absolute atomic E-state index is 0.520. The van der Waals surface area contributed by atoms with Gasteiger partial charge in [-0.2, -0.15) is 10.2 Å². The molecule has 1 fully saturated rings. The highest BCUT2D eigenvalue weighted by atomic mass is 15.3. The number of nitriles is 1. The van der Waals surface area contributed by atoms with E-state index in [-0.39, 0.29) is 0 Å². The van der Waals surface area contributed by atoms with Crippen LogP contribution in [-0.4, -0.2) is 35.6 Å². The van der Waals surface area contributed by atoms with Gasteiger partial charge in [0.1, 0.15) is 5.82 Å². The number of nitrogens with zero attached hydrogens (tertiary/aromatic N) is 4. The smallest absolute Gasteiger partial charge is 0.229 e. The number of hydrogen-bond acceptors (Lipinski definition) is 6. The molecule has 27 heavy (non-hydrogen) atoms. The van der Waals surface area contributed by atoms with Crippen molar-refractivity contribution in [2.75, 3.05) is 29.9 Å². The molecule has 6 nitrogen and oxygen atoms in total. The molecule has 0 radical (unpaired) electrons. The largest absolute Gasteiger partial charge is 0.355 e. The lowest BCUT2D eigenvalue weighted by atomic mass is 10.1. The number of anilines is 3. The van der Waals surface area contributed by atoms with E-state index in [2.05, 4.69) is 46.5 Å². The highest BCUT2D eigenvalue weighted by Gasteiger charge is 2.23. The number of rotatable bonds is 7. The third-order valence-corrected chi connectivity index (χ3v) is 4.89. The van der Waals surface area contributed by atoms with Crippen LogP contribution in [0.5, 0.6) is 0 Å². The number of hydrogen-bond donors (Lipinski definition) is 2. The second kappa shape index (κ2) is 8.83. The molecule has 1 aliphatic heterocycles. The lowest BCUT2D eigenvalue weighted by molar-refractivity contribution is 0.571. The third-order valence-electron chi connectivity index (χ3n) is 4.89. The molecule has 0 amide bonds. The van der Waals surface area contributed by atoms with Gasteiger partial charge in [-0.15, -0.1) is 0 Å². The Morgan fingerprint density at radius 1 is 1.26 bits per heavy atom.